The van der Waals surface area contributed by atoms with Gasteiger partial charge in [0.15, 0.2) is 0 Å². The summed E-state index contributed by atoms with van der Waals surface area (Å²) >= 11 is 15.6. The van der Waals surface area contributed by atoms with Crippen LogP contribution in [-0.4, -0.2) is 6.54 Å². The molecule has 0 aliphatic carbocycles. The van der Waals surface area contributed by atoms with Gasteiger partial charge in [-0.15, -0.1) is 0 Å². The van der Waals surface area contributed by atoms with Gasteiger partial charge in [0.05, 0.1) is 11.1 Å². The van der Waals surface area contributed by atoms with Crippen molar-refractivity contribution in [3.8, 4) is 0 Å². The van der Waals surface area contributed by atoms with Gasteiger partial charge in [0.25, 0.3) is 0 Å². The lowest BCUT2D eigenvalue weighted by Crippen LogP contribution is -2.20. The molecule has 0 heterocycles. The van der Waals surface area contributed by atoms with Crippen molar-refractivity contribution >= 4 is 44.8 Å². The molecule has 0 amide bonds. The van der Waals surface area contributed by atoms with Crippen LogP contribution >= 0.6 is 39.1 Å². The Hall–Kier alpha value is -0.740. The molecule has 20 heavy (non-hydrogen) atoms. The Bertz CT molecular complexity index is 617. The maximum atomic E-state index is 6.17. The Morgan fingerprint density at radius 3 is 2.50 bits per heavy atom. The number of nitrogens with one attached hydrogen (secondary N) is 1. The van der Waals surface area contributed by atoms with Crippen LogP contribution in [0.4, 0.5) is 5.69 Å². The molecule has 0 aliphatic rings. The molecule has 2 nitrogen and oxygen atoms in total. The molecule has 5 heteroatoms. The topological polar surface area (TPSA) is 38.0 Å². The van der Waals surface area contributed by atoms with E-state index in [1.54, 1.807) is 0 Å². The predicted octanol–water partition coefficient (Wildman–Crippen LogP) is 5.18. The number of nitrogens with two attached hydrogens (primary N) is 1. The van der Waals surface area contributed by atoms with Gasteiger partial charge in [-0.2, -0.15) is 0 Å². The number of anilines is 1. The molecule has 0 fully saturated rings. The number of rotatable bonds is 4. The molecular formula is C15H15BrCl2N2. The number of aryl methyl sites for hydroxylation is 1. The largest absolute Gasteiger partial charge is 0.377 e. The third-order valence-electron chi connectivity index (χ3n) is 3.09. The molecule has 0 spiro atoms. The van der Waals surface area contributed by atoms with Gasteiger partial charge < -0.3 is 11.1 Å². The van der Waals surface area contributed by atoms with Crippen LogP contribution in [0, 0.1) is 6.92 Å². The third-order valence-corrected chi connectivity index (χ3v) is 4.72. The second-order valence-electron chi connectivity index (χ2n) is 4.57. The standard InChI is InChI=1S/C15H15BrCl2N2/c1-9-2-3-10(6-14(9)18)15(8-19)20-11-4-5-13(17)12(16)7-11/h2-7,15,20H,8,19H2,1H3. The minimum absolute atomic E-state index is 0.00109. The predicted molar refractivity (Wildman–Crippen MR) is 90.8 cm³/mol. The summed E-state index contributed by atoms with van der Waals surface area (Å²) in [6, 6.07) is 11.7. The van der Waals surface area contributed by atoms with Crippen molar-refractivity contribution in [3.05, 3.63) is 62.0 Å². The molecule has 1 atom stereocenters. The van der Waals surface area contributed by atoms with E-state index in [1.807, 2.05) is 43.3 Å². The molecule has 2 aromatic carbocycles. The highest BCUT2D eigenvalue weighted by molar-refractivity contribution is 9.10. The fourth-order valence-corrected chi connectivity index (χ4v) is 2.58. The lowest BCUT2D eigenvalue weighted by atomic mass is 10.0. The third kappa shape index (κ3) is 3.67. The van der Waals surface area contributed by atoms with E-state index >= 15 is 0 Å². The summed E-state index contributed by atoms with van der Waals surface area (Å²) in [6.07, 6.45) is 0. The average Bonchev–Trinajstić information content (AvgIpc) is 2.43. The quantitative estimate of drug-likeness (QED) is 0.775. The molecule has 2 aromatic rings. The lowest BCUT2D eigenvalue weighted by molar-refractivity contribution is 0.789. The summed E-state index contributed by atoms with van der Waals surface area (Å²) in [7, 11) is 0. The minimum atomic E-state index is 0.00109. The van der Waals surface area contributed by atoms with Crippen LogP contribution < -0.4 is 11.1 Å². The smallest absolute Gasteiger partial charge is 0.0636 e. The second kappa shape index (κ2) is 6.81. The van der Waals surface area contributed by atoms with Crippen molar-refractivity contribution in [2.45, 2.75) is 13.0 Å². The average molecular weight is 374 g/mol. The number of benzene rings is 2. The van der Waals surface area contributed by atoms with Crippen LogP contribution in [0.25, 0.3) is 0 Å². The van der Waals surface area contributed by atoms with Gasteiger partial charge in [-0.25, -0.2) is 0 Å². The Morgan fingerprint density at radius 2 is 1.90 bits per heavy atom. The van der Waals surface area contributed by atoms with E-state index in [4.69, 9.17) is 28.9 Å². The molecule has 0 aromatic heterocycles. The Morgan fingerprint density at radius 1 is 1.15 bits per heavy atom. The Labute approximate surface area is 137 Å². The summed E-state index contributed by atoms with van der Waals surface area (Å²) < 4.78 is 0.849. The van der Waals surface area contributed by atoms with Gasteiger partial charge in [-0.3, -0.25) is 0 Å². The minimum Gasteiger partial charge on any atom is -0.377 e. The SMILES string of the molecule is Cc1ccc(C(CN)Nc2ccc(Cl)c(Br)c2)cc1Cl. The number of hydrogen-bond donors (Lipinski definition) is 2. The van der Waals surface area contributed by atoms with Crippen molar-refractivity contribution in [1.29, 1.82) is 0 Å². The van der Waals surface area contributed by atoms with Gasteiger partial charge in [-0.05, 0) is 58.2 Å². The molecule has 0 aliphatic heterocycles. The fourth-order valence-electron chi connectivity index (χ4n) is 1.89. The molecule has 106 valence electrons. The zero-order chi connectivity index (χ0) is 14.7. The van der Waals surface area contributed by atoms with Crippen molar-refractivity contribution < 1.29 is 0 Å². The molecule has 0 bridgehead atoms. The number of halogens is 3. The normalized spacial score (nSPS) is 12.2. The molecule has 1 unspecified atom stereocenters. The molecule has 0 saturated heterocycles. The zero-order valence-corrected chi connectivity index (χ0v) is 14.1. The van der Waals surface area contributed by atoms with E-state index in [9.17, 15) is 0 Å². The van der Waals surface area contributed by atoms with Gasteiger partial charge in [-0.1, -0.05) is 35.3 Å². The molecule has 3 N–H and O–H groups in total. The van der Waals surface area contributed by atoms with E-state index in [-0.39, 0.29) is 6.04 Å². The van der Waals surface area contributed by atoms with Crippen LogP contribution in [-0.2, 0) is 0 Å². The van der Waals surface area contributed by atoms with Gasteiger partial charge in [0.1, 0.15) is 0 Å². The van der Waals surface area contributed by atoms with E-state index < -0.39 is 0 Å². The van der Waals surface area contributed by atoms with Crippen LogP contribution in [0.3, 0.4) is 0 Å². The Balaban J connectivity index is 2.23. The molecule has 2 rings (SSSR count). The first kappa shape index (κ1) is 15.6. The first-order valence-corrected chi connectivity index (χ1v) is 7.74. The molecule has 0 saturated carbocycles. The monoisotopic (exact) mass is 372 g/mol. The highest BCUT2D eigenvalue weighted by atomic mass is 79.9. The second-order valence-corrected chi connectivity index (χ2v) is 6.24. The van der Waals surface area contributed by atoms with Crippen molar-refractivity contribution in [2.75, 3.05) is 11.9 Å². The van der Waals surface area contributed by atoms with Crippen molar-refractivity contribution in [3.63, 3.8) is 0 Å². The van der Waals surface area contributed by atoms with E-state index in [1.165, 1.54) is 0 Å². The summed E-state index contributed by atoms with van der Waals surface area (Å²) in [5.74, 6) is 0. The number of hydrogen-bond acceptors (Lipinski definition) is 2. The zero-order valence-electron chi connectivity index (χ0n) is 11.0. The molecule has 0 radical (unpaired) electrons. The lowest BCUT2D eigenvalue weighted by Gasteiger charge is -2.19. The highest BCUT2D eigenvalue weighted by Crippen LogP contribution is 2.28. The fraction of sp³-hybridized carbons (Fsp3) is 0.200. The Kier molecular flexibility index (Phi) is 5.33. The van der Waals surface area contributed by atoms with Gasteiger partial charge >= 0.3 is 0 Å². The van der Waals surface area contributed by atoms with E-state index in [0.717, 1.165) is 26.3 Å². The summed E-state index contributed by atoms with van der Waals surface area (Å²) in [6.45, 7) is 2.45. The van der Waals surface area contributed by atoms with Gasteiger partial charge in [0.2, 0.25) is 0 Å². The summed E-state index contributed by atoms with van der Waals surface area (Å²) in [4.78, 5) is 0. The first-order valence-electron chi connectivity index (χ1n) is 6.19. The van der Waals surface area contributed by atoms with Gasteiger partial charge in [0, 0.05) is 21.7 Å². The van der Waals surface area contributed by atoms with E-state index in [2.05, 4.69) is 21.2 Å². The van der Waals surface area contributed by atoms with Crippen LogP contribution in [0.1, 0.15) is 17.2 Å². The van der Waals surface area contributed by atoms with Crippen LogP contribution in [0.15, 0.2) is 40.9 Å². The first-order chi connectivity index (χ1) is 9.51. The summed E-state index contributed by atoms with van der Waals surface area (Å²) in [5, 5.41) is 4.82. The maximum Gasteiger partial charge on any atom is 0.0636 e. The van der Waals surface area contributed by atoms with Crippen molar-refractivity contribution in [1.82, 2.24) is 0 Å². The van der Waals surface area contributed by atoms with E-state index in [0.29, 0.717) is 11.6 Å². The van der Waals surface area contributed by atoms with Crippen LogP contribution in [0.2, 0.25) is 10.0 Å². The van der Waals surface area contributed by atoms with Crippen molar-refractivity contribution in [2.24, 2.45) is 5.73 Å². The van der Waals surface area contributed by atoms with Crippen LogP contribution in [0.5, 0.6) is 0 Å². The highest BCUT2D eigenvalue weighted by Gasteiger charge is 2.11. The maximum absolute atomic E-state index is 6.17. The molecular weight excluding hydrogens is 359 g/mol. The summed E-state index contributed by atoms with van der Waals surface area (Å²) in [5.41, 5.74) is 8.94.